The number of rotatable bonds is 2. The lowest BCUT2D eigenvalue weighted by Gasteiger charge is -2.29. The first-order chi connectivity index (χ1) is 9.50. The summed E-state index contributed by atoms with van der Waals surface area (Å²) in [5.41, 5.74) is 0.740. The molecule has 2 heterocycles. The second-order valence-corrected chi connectivity index (χ2v) is 10.1. The summed E-state index contributed by atoms with van der Waals surface area (Å²) in [6, 6.07) is 9.05. The van der Waals surface area contributed by atoms with E-state index in [1.807, 2.05) is 24.3 Å². The molecule has 0 saturated carbocycles. The van der Waals surface area contributed by atoms with Crippen LogP contribution in [0.15, 0.2) is 43.2 Å². The Morgan fingerprint density at radius 2 is 2.05 bits per heavy atom. The fourth-order valence-electron chi connectivity index (χ4n) is 1.96. The molecule has 0 atom stereocenters. The molecule has 0 fully saturated rings. The summed E-state index contributed by atoms with van der Waals surface area (Å²) in [5, 5.41) is 0.424. The molecule has 1 aromatic carbocycles. The Morgan fingerprint density at radius 3 is 2.75 bits per heavy atom. The van der Waals surface area contributed by atoms with Crippen LogP contribution < -0.4 is 4.31 Å². The molecule has 1 aliphatic heterocycles. The minimum Gasteiger partial charge on any atom is -0.264 e. The Balaban J connectivity index is 2.09. The van der Waals surface area contributed by atoms with Crippen molar-refractivity contribution >= 4 is 66.3 Å². The van der Waals surface area contributed by atoms with E-state index in [-0.39, 0.29) is 4.21 Å². The average molecular weight is 411 g/mol. The van der Waals surface area contributed by atoms with Crippen molar-refractivity contribution < 1.29 is 8.42 Å². The second kappa shape index (κ2) is 5.53. The number of benzene rings is 1. The van der Waals surface area contributed by atoms with E-state index in [9.17, 15) is 8.42 Å². The van der Waals surface area contributed by atoms with E-state index in [0.29, 0.717) is 15.4 Å². The molecular formula is C12H9BrClNO2S3. The van der Waals surface area contributed by atoms with E-state index in [2.05, 4.69) is 15.9 Å². The highest BCUT2D eigenvalue weighted by molar-refractivity contribution is 9.11. The maximum Gasteiger partial charge on any atom is 0.273 e. The predicted octanol–water partition coefficient (Wildman–Crippen LogP) is 4.47. The number of nitrogens with zero attached hydrogens (tertiary/aromatic N) is 1. The third-order valence-corrected chi connectivity index (χ3v) is 8.63. The van der Waals surface area contributed by atoms with Gasteiger partial charge < -0.3 is 0 Å². The molecule has 0 aliphatic carbocycles. The second-order valence-electron chi connectivity index (χ2n) is 4.08. The number of fused-ring (bicyclic) bond motifs is 1. The highest BCUT2D eigenvalue weighted by atomic mass is 79.9. The van der Waals surface area contributed by atoms with Crippen molar-refractivity contribution in [1.29, 1.82) is 0 Å². The van der Waals surface area contributed by atoms with E-state index >= 15 is 0 Å². The van der Waals surface area contributed by atoms with Crippen LogP contribution in [-0.4, -0.2) is 20.7 Å². The van der Waals surface area contributed by atoms with Crippen molar-refractivity contribution in [2.75, 3.05) is 16.6 Å². The number of thiophene rings is 1. The van der Waals surface area contributed by atoms with Crippen molar-refractivity contribution in [3.8, 4) is 0 Å². The number of thioether (sulfide) groups is 1. The van der Waals surface area contributed by atoms with Crippen LogP contribution in [0.4, 0.5) is 5.69 Å². The van der Waals surface area contributed by atoms with Crippen molar-refractivity contribution in [3.05, 3.63) is 39.1 Å². The van der Waals surface area contributed by atoms with Gasteiger partial charge in [-0.1, -0.05) is 23.7 Å². The van der Waals surface area contributed by atoms with Gasteiger partial charge in [0.05, 0.1) is 14.5 Å². The Kier molecular flexibility index (Phi) is 4.07. The first kappa shape index (κ1) is 14.7. The van der Waals surface area contributed by atoms with Gasteiger partial charge in [0.1, 0.15) is 4.21 Å². The Morgan fingerprint density at radius 1 is 1.30 bits per heavy atom. The van der Waals surface area contributed by atoms with Gasteiger partial charge in [-0.25, -0.2) is 8.42 Å². The van der Waals surface area contributed by atoms with Crippen LogP contribution in [0.25, 0.3) is 0 Å². The SMILES string of the molecule is O=S(=O)(c1cc(Cl)c(Br)s1)N1CCSc2ccccc21. The number of para-hydroxylation sites is 1. The summed E-state index contributed by atoms with van der Waals surface area (Å²) in [6.45, 7) is 0.469. The summed E-state index contributed by atoms with van der Waals surface area (Å²) in [7, 11) is -3.55. The van der Waals surface area contributed by atoms with Gasteiger partial charge in [0, 0.05) is 17.2 Å². The summed E-state index contributed by atoms with van der Waals surface area (Å²) in [4.78, 5) is 0.990. The Bertz CT molecular complexity index is 740. The topological polar surface area (TPSA) is 37.4 Å². The van der Waals surface area contributed by atoms with Crippen molar-refractivity contribution in [1.82, 2.24) is 0 Å². The van der Waals surface area contributed by atoms with E-state index in [1.54, 1.807) is 11.8 Å². The normalized spacial score (nSPS) is 15.2. The molecule has 106 valence electrons. The first-order valence-electron chi connectivity index (χ1n) is 5.69. The molecule has 0 N–H and O–H groups in total. The van der Waals surface area contributed by atoms with E-state index in [4.69, 9.17) is 11.6 Å². The molecule has 0 bridgehead atoms. The lowest BCUT2D eigenvalue weighted by atomic mass is 10.3. The molecule has 0 unspecified atom stereocenters. The van der Waals surface area contributed by atoms with Crippen LogP contribution in [0.3, 0.4) is 0 Å². The molecule has 1 aromatic heterocycles. The highest BCUT2D eigenvalue weighted by Crippen LogP contribution is 2.41. The molecule has 0 amide bonds. The fourth-order valence-corrected chi connectivity index (χ4v) is 7.12. The third-order valence-electron chi connectivity index (χ3n) is 2.85. The van der Waals surface area contributed by atoms with Gasteiger partial charge in [0.2, 0.25) is 0 Å². The smallest absolute Gasteiger partial charge is 0.264 e. The molecule has 2 aromatic rings. The predicted molar refractivity (Wildman–Crippen MR) is 88.7 cm³/mol. The van der Waals surface area contributed by atoms with Crippen LogP contribution >= 0.6 is 50.6 Å². The van der Waals surface area contributed by atoms with Crippen LogP contribution in [0, 0.1) is 0 Å². The minimum atomic E-state index is -3.55. The zero-order valence-corrected chi connectivity index (χ0v) is 14.8. The highest BCUT2D eigenvalue weighted by Gasteiger charge is 2.31. The molecule has 0 radical (unpaired) electrons. The number of hydrogen-bond acceptors (Lipinski definition) is 4. The standard InChI is InChI=1S/C12H9BrClNO2S3/c13-12-8(14)7-11(19-12)20(16,17)15-5-6-18-10-4-2-1-3-9(10)15/h1-4,7H,5-6H2. The van der Waals surface area contributed by atoms with Crippen molar-refractivity contribution in [3.63, 3.8) is 0 Å². The number of halogens is 2. The van der Waals surface area contributed by atoms with Gasteiger partial charge >= 0.3 is 0 Å². The Labute approximate surface area is 139 Å². The first-order valence-corrected chi connectivity index (χ1v) is 10.1. The number of anilines is 1. The largest absolute Gasteiger partial charge is 0.273 e. The van der Waals surface area contributed by atoms with Crippen molar-refractivity contribution in [2.45, 2.75) is 9.10 Å². The molecule has 1 aliphatic rings. The van der Waals surface area contributed by atoms with Crippen LogP contribution in [0.1, 0.15) is 0 Å². The van der Waals surface area contributed by atoms with Crippen LogP contribution in [0.2, 0.25) is 5.02 Å². The quantitative estimate of drug-likeness (QED) is 0.733. The summed E-state index contributed by atoms with van der Waals surface area (Å²) >= 11 is 12.0. The van der Waals surface area contributed by atoms with E-state index in [0.717, 1.165) is 27.7 Å². The van der Waals surface area contributed by atoms with Gasteiger partial charge in [-0.3, -0.25) is 4.31 Å². The lowest BCUT2D eigenvalue weighted by Crippen LogP contribution is -2.34. The van der Waals surface area contributed by atoms with Crippen LogP contribution in [-0.2, 0) is 10.0 Å². The maximum atomic E-state index is 12.8. The summed E-state index contributed by atoms with van der Waals surface area (Å²) in [6.07, 6.45) is 0. The molecule has 0 spiro atoms. The van der Waals surface area contributed by atoms with E-state index < -0.39 is 10.0 Å². The zero-order valence-electron chi connectivity index (χ0n) is 10.0. The lowest BCUT2D eigenvalue weighted by molar-refractivity contribution is 0.593. The van der Waals surface area contributed by atoms with Gasteiger partial charge in [0.15, 0.2) is 0 Å². The molecule has 20 heavy (non-hydrogen) atoms. The number of hydrogen-bond donors (Lipinski definition) is 0. The maximum absolute atomic E-state index is 12.8. The molecule has 3 rings (SSSR count). The molecular weight excluding hydrogens is 402 g/mol. The summed E-state index contributed by atoms with van der Waals surface area (Å²) in [5.74, 6) is 0.747. The van der Waals surface area contributed by atoms with Crippen LogP contribution in [0.5, 0.6) is 0 Å². The monoisotopic (exact) mass is 409 g/mol. The summed E-state index contributed by atoms with van der Waals surface area (Å²) < 4.78 is 27.9. The number of sulfonamides is 1. The zero-order chi connectivity index (χ0) is 14.3. The van der Waals surface area contributed by atoms with Crippen molar-refractivity contribution in [2.24, 2.45) is 0 Å². The Hall–Kier alpha value is -0.210. The molecule has 0 saturated heterocycles. The average Bonchev–Trinajstić information content (AvgIpc) is 2.79. The van der Waals surface area contributed by atoms with Gasteiger partial charge in [-0.2, -0.15) is 0 Å². The minimum absolute atomic E-state index is 0.260. The molecule has 8 heteroatoms. The fraction of sp³-hybridized carbons (Fsp3) is 0.167. The van der Waals surface area contributed by atoms with Gasteiger partial charge in [-0.15, -0.1) is 23.1 Å². The third kappa shape index (κ3) is 2.50. The van der Waals surface area contributed by atoms with Gasteiger partial charge in [-0.05, 0) is 34.1 Å². The van der Waals surface area contributed by atoms with Gasteiger partial charge in [0.25, 0.3) is 10.0 Å². The van der Waals surface area contributed by atoms with E-state index in [1.165, 1.54) is 10.4 Å². The molecule has 3 nitrogen and oxygen atoms in total.